The van der Waals surface area contributed by atoms with Gasteiger partial charge in [0.25, 0.3) is 5.91 Å². The van der Waals surface area contributed by atoms with Crippen molar-refractivity contribution in [1.29, 1.82) is 0 Å². The van der Waals surface area contributed by atoms with Crippen LogP contribution in [0, 0.1) is 0 Å². The fourth-order valence-electron chi connectivity index (χ4n) is 3.73. The van der Waals surface area contributed by atoms with E-state index in [1.807, 2.05) is 44.6 Å². The topological polar surface area (TPSA) is 71.4 Å². The van der Waals surface area contributed by atoms with Crippen LogP contribution in [-0.4, -0.2) is 50.2 Å². The minimum absolute atomic E-state index is 0.0998. The number of hydrogen-bond donors (Lipinski definition) is 1. The van der Waals surface area contributed by atoms with Crippen LogP contribution in [0.1, 0.15) is 22.0 Å². The molecule has 28 heavy (non-hydrogen) atoms. The van der Waals surface area contributed by atoms with E-state index in [0.717, 1.165) is 24.0 Å². The Labute approximate surface area is 164 Å². The zero-order chi connectivity index (χ0) is 19.9. The highest BCUT2D eigenvalue weighted by molar-refractivity contribution is 7.91. The SMILES string of the molecule is CN(C)CCn1cc(C(=O)NC2CS(=O)(=O)c3ccccc32)c2ccccc21. The van der Waals surface area contributed by atoms with Crippen molar-refractivity contribution in [2.24, 2.45) is 0 Å². The minimum Gasteiger partial charge on any atom is -0.345 e. The van der Waals surface area contributed by atoms with Crippen LogP contribution in [0.25, 0.3) is 10.9 Å². The molecule has 3 aromatic rings. The highest BCUT2D eigenvalue weighted by Gasteiger charge is 2.35. The molecule has 0 saturated carbocycles. The van der Waals surface area contributed by atoms with E-state index in [1.165, 1.54) is 0 Å². The van der Waals surface area contributed by atoms with Gasteiger partial charge in [0.2, 0.25) is 0 Å². The van der Waals surface area contributed by atoms with Crippen molar-refractivity contribution >= 4 is 26.6 Å². The third-order valence-corrected chi connectivity index (χ3v) is 6.96. The van der Waals surface area contributed by atoms with Crippen LogP contribution in [0.15, 0.2) is 59.6 Å². The van der Waals surface area contributed by atoms with Crippen molar-refractivity contribution in [1.82, 2.24) is 14.8 Å². The number of nitrogens with one attached hydrogen (secondary N) is 1. The normalized spacial score (nSPS) is 17.8. The van der Waals surface area contributed by atoms with Gasteiger partial charge in [-0.2, -0.15) is 0 Å². The Kier molecular flexibility index (Phi) is 4.72. The van der Waals surface area contributed by atoms with E-state index in [2.05, 4.69) is 14.8 Å². The van der Waals surface area contributed by atoms with Crippen molar-refractivity contribution in [3.8, 4) is 0 Å². The first-order valence-corrected chi connectivity index (χ1v) is 10.9. The Morgan fingerprint density at radius 3 is 2.64 bits per heavy atom. The van der Waals surface area contributed by atoms with Crippen LogP contribution in [0.5, 0.6) is 0 Å². The lowest BCUT2D eigenvalue weighted by molar-refractivity contribution is 0.0942. The van der Waals surface area contributed by atoms with E-state index in [-0.39, 0.29) is 11.7 Å². The predicted octanol–water partition coefficient (Wildman–Crippen LogP) is 2.46. The average molecular weight is 398 g/mol. The van der Waals surface area contributed by atoms with Crippen LogP contribution < -0.4 is 5.32 Å². The molecular formula is C21H23N3O3S. The zero-order valence-corrected chi connectivity index (χ0v) is 16.7. The number of aromatic nitrogens is 1. The summed E-state index contributed by atoms with van der Waals surface area (Å²) in [5.41, 5.74) is 2.22. The van der Waals surface area contributed by atoms with Crippen molar-refractivity contribution in [2.75, 3.05) is 26.4 Å². The van der Waals surface area contributed by atoms with Gasteiger partial charge in [0, 0.05) is 30.2 Å². The van der Waals surface area contributed by atoms with Crippen LogP contribution in [0.2, 0.25) is 0 Å². The second-order valence-corrected chi connectivity index (χ2v) is 9.40. The molecule has 7 heteroatoms. The molecule has 2 heterocycles. The number of amides is 1. The maximum atomic E-state index is 13.1. The quantitative estimate of drug-likeness (QED) is 0.718. The molecule has 1 atom stereocenters. The number of para-hydroxylation sites is 1. The first-order chi connectivity index (χ1) is 13.4. The van der Waals surface area contributed by atoms with Gasteiger partial charge in [-0.25, -0.2) is 8.42 Å². The molecule has 0 aliphatic carbocycles. The summed E-state index contributed by atoms with van der Waals surface area (Å²) in [5, 5.41) is 3.80. The molecule has 1 unspecified atom stereocenters. The Morgan fingerprint density at radius 2 is 1.86 bits per heavy atom. The molecule has 1 amide bonds. The first kappa shape index (κ1) is 18.7. The molecule has 0 fully saturated rings. The number of rotatable bonds is 5. The van der Waals surface area contributed by atoms with E-state index >= 15 is 0 Å². The summed E-state index contributed by atoms with van der Waals surface area (Å²) >= 11 is 0. The van der Waals surface area contributed by atoms with Crippen molar-refractivity contribution in [3.05, 3.63) is 65.9 Å². The van der Waals surface area contributed by atoms with Crippen LogP contribution >= 0.6 is 0 Å². The van der Waals surface area contributed by atoms with Crippen molar-refractivity contribution in [3.63, 3.8) is 0 Å². The van der Waals surface area contributed by atoms with Gasteiger partial charge >= 0.3 is 0 Å². The van der Waals surface area contributed by atoms with Gasteiger partial charge in [-0.3, -0.25) is 4.79 Å². The molecule has 0 bridgehead atoms. The maximum Gasteiger partial charge on any atom is 0.253 e. The van der Waals surface area contributed by atoms with E-state index in [0.29, 0.717) is 16.0 Å². The third kappa shape index (κ3) is 3.31. The minimum atomic E-state index is -3.36. The molecule has 1 aromatic heterocycles. The van der Waals surface area contributed by atoms with Gasteiger partial charge in [0.1, 0.15) is 0 Å². The van der Waals surface area contributed by atoms with E-state index in [1.54, 1.807) is 24.3 Å². The molecule has 0 radical (unpaired) electrons. The number of hydrogen-bond acceptors (Lipinski definition) is 4. The molecule has 146 valence electrons. The fourth-order valence-corrected chi connectivity index (χ4v) is 5.46. The number of carbonyl (C=O) groups excluding carboxylic acids is 1. The van der Waals surface area contributed by atoms with Gasteiger partial charge < -0.3 is 14.8 Å². The molecular weight excluding hydrogens is 374 g/mol. The molecule has 1 aliphatic heterocycles. The van der Waals surface area contributed by atoms with Gasteiger partial charge in [-0.15, -0.1) is 0 Å². The standard InChI is InChI=1S/C21H23N3O3S/c1-23(2)11-12-24-13-17(15-7-3-5-9-19(15)24)21(25)22-18-14-28(26,27)20-10-6-4-8-16(18)20/h3-10,13,18H,11-12,14H2,1-2H3,(H,22,25). The second kappa shape index (κ2) is 7.07. The molecule has 1 N–H and O–H groups in total. The average Bonchev–Trinajstić information content (AvgIpc) is 3.16. The number of benzene rings is 2. The lowest BCUT2D eigenvalue weighted by Crippen LogP contribution is -2.29. The third-order valence-electron chi connectivity index (χ3n) is 5.14. The molecule has 2 aromatic carbocycles. The second-order valence-electron chi connectivity index (χ2n) is 7.40. The molecule has 1 aliphatic rings. The van der Waals surface area contributed by atoms with E-state index in [9.17, 15) is 13.2 Å². The number of likely N-dealkylation sites (N-methyl/N-ethyl adjacent to an activating group) is 1. The first-order valence-electron chi connectivity index (χ1n) is 9.22. The van der Waals surface area contributed by atoms with E-state index in [4.69, 9.17) is 0 Å². The van der Waals surface area contributed by atoms with Gasteiger partial charge in [0.15, 0.2) is 9.84 Å². The zero-order valence-electron chi connectivity index (χ0n) is 15.9. The molecule has 6 nitrogen and oxygen atoms in total. The van der Waals surface area contributed by atoms with Gasteiger partial charge in [-0.1, -0.05) is 36.4 Å². The van der Waals surface area contributed by atoms with Crippen LogP contribution in [-0.2, 0) is 16.4 Å². The smallest absolute Gasteiger partial charge is 0.253 e. The molecule has 4 rings (SSSR count). The van der Waals surface area contributed by atoms with Crippen LogP contribution in [0.4, 0.5) is 0 Å². The summed E-state index contributed by atoms with van der Waals surface area (Å²) in [6.45, 7) is 1.62. The number of carbonyl (C=O) groups is 1. The maximum absolute atomic E-state index is 13.1. The number of fused-ring (bicyclic) bond motifs is 2. The fraction of sp³-hybridized carbons (Fsp3) is 0.286. The Bertz CT molecular complexity index is 1150. The number of sulfone groups is 1. The van der Waals surface area contributed by atoms with E-state index < -0.39 is 15.9 Å². The summed E-state index contributed by atoms with van der Waals surface area (Å²) in [6, 6.07) is 14.1. The van der Waals surface area contributed by atoms with Crippen molar-refractivity contribution < 1.29 is 13.2 Å². The predicted molar refractivity (Wildman–Crippen MR) is 109 cm³/mol. The van der Waals surface area contributed by atoms with Gasteiger partial charge in [-0.05, 0) is 31.8 Å². The Hall–Kier alpha value is -2.64. The summed E-state index contributed by atoms with van der Waals surface area (Å²) < 4.78 is 26.8. The highest BCUT2D eigenvalue weighted by Crippen LogP contribution is 2.33. The van der Waals surface area contributed by atoms with Gasteiger partial charge in [0.05, 0.1) is 22.3 Å². The van der Waals surface area contributed by atoms with Crippen LogP contribution in [0.3, 0.4) is 0 Å². The number of nitrogens with zero attached hydrogens (tertiary/aromatic N) is 2. The molecule has 0 spiro atoms. The summed E-state index contributed by atoms with van der Waals surface area (Å²) in [5.74, 6) is -0.353. The Balaban J connectivity index is 1.65. The monoisotopic (exact) mass is 397 g/mol. The largest absolute Gasteiger partial charge is 0.345 e. The summed E-state index contributed by atoms with van der Waals surface area (Å²) in [7, 11) is 0.659. The lowest BCUT2D eigenvalue weighted by atomic mass is 10.1. The molecule has 0 saturated heterocycles. The lowest BCUT2D eigenvalue weighted by Gasteiger charge is -2.12. The Morgan fingerprint density at radius 1 is 1.14 bits per heavy atom. The highest BCUT2D eigenvalue weighted by atomic mass is 32.2. The summed E-state index contributed by atoms with van der Waals surface area (Å²) in [6.07, 6.45) is 1.86. The van der Waals surface area contributed by atoms with Crippen molar-refractivity contribution in [2.45, 2.75) is 17.5 Å². The summed E-state index contributed by atoms with van der Waals surface area (Å²) in [4.78, 5) is 15.5.